The summed E-state index contributed by atoms with van der Waals surface area (Å²) in [5.41, 5.74) is 6.95. The monoisotopic (exact) mass is 249 g/mol. The van der Waals surface area contributed by atoms with Crippen molar-refractivity contribution in [1.29, 1.82) is 0 Å². The quantitative estimate of drug-likeness (QED) is 0.872. The third-order valence-corrected chi connectivity index (χ3v) is 3.93. The Kier molecular flexibility index (Phi) is 3.35. The Balaban J connectivity index is 2.27. The van der Waals surface area contributed by atoms with Gasteiger partial charge in [0.05, 0.1) is 22.3 Å². The highest BCUT2D eigenvalue weighted by molar-refractivity contribution is 7.15. The molecule has 92 valence electrons. The topological polar surface area (TPSA) is 54.7 Å². The molecule has 3 N–H and O–H groups in total. The molecule has 4 heteroatoms. The van der Waals surface area contributed by atoms with Crippen LogP contribution in [0.4, 0.5) is 0 Å². The van der Waals surface area contributed by atoms with Crippen molar-refractivity contribution < 1.29 is 0 Å². The van der Waals surface area contributed by atoms with Crippen LogP contribution in [0.15, 0.2) is 18.3 Å². The molecule has 0 saturated carbocycles. The summed E-state index contributed by atoms with van der Waals surface area (Å²) < 4.78 is 0. The molecule has 0 aliphatic heterocycles. The van der Waals surface area contributed by atoms with E-state index in [-0.39, 0.29) is 5.54 Å². The van der Waals surface area contributed by atoms with Crippen LogP contribution < -0.4 is 5.73 Å². The minimum atomic E-state index is -0.362. The predicted octanol–water partition coefficient (Wildman–Crippen LogP) is 3.42. The minimum absolute atomic E-state index is 0.362. The zero-order chi connectivity index (χ0) is 12.5. The van der Waals surface area contributed by atoms with E-state index in [2.05, 4.69) is 35.9 Å². The maximum atomic E-state index is 6.25. The average Bonchev–Trinajstić information content (AvgIpc) is 2.85. The average molecular weight is 249 g/mol. The molecule has 17 heavy (non-hydrogen) atoms. The zero-order valence-corrected chi connectivity index (χ0v) is 11.4. The molecule has 0 bridgehead atoms. The summed E-state index contributed by atoms with van der Waals surface area (Å²) in [6.07, 6.45) is 3.87. The number of nitrogens with one attached hydrogen (secondary N) is 1. The molecule has 0 aromatic carbocycles. The molecule has 0 fully saturated rings. The highest BCUT2D eigenvalue weighted by atomic mass is 32.1. The number of hydrogen-bond donors (Lipinski definition) is 2. The molecule has 0 amide bonds. The zero-order valence-electron chi connectivity index (χ0n) is 10.6. The summed E-state index contributed by atoms with van der Waals surface area (Å²) in [5.74, 6) is 0.875. The first-order chi connectivity index (χ1) is 8.03. The second-order valence-corrected chi connectivity index (χ2v) is 6.01. The van der Waals surface area contributed by atoms with Gasteiger partial charge in [-0.2, -0.15) is 0 Å². The Hall–Kier alpha value is -1.13. The van der Waals surface area contributed by atoms with Gasteiger partial charge in [0.1, 0.15) is 5.82 Å². The maximum absolute atomic E-state index is 6.25. The molecular weight excluding hydrogens is 230 g/mol. The van der Waals surface area contributed by atoms with Crippen LogP contribution in [-0.2, 0) is 5.54 Å². The van der Waals surface area contributed by atoms with Crippen LogP contribution in [0.25, 0.3) is 10.6 Å². The fraction of sp³-hybridized carbons (Fsp3) is 0.462. The molecule has 2 aromatic heterocycles. The molecule has 0 radical (unpaired) electrons. The van der Waals surface area contributed by atoms with E-state index in [9.17, 15) is 0 Å². The highest BCUT2D eigenvalue weighted by Gasteiger charge is 2.23. The van der Waals surface area contributed by atoms with Gasteiger partial charge < -0.3 is 10.7 Å². The number of hydrogen-bond acceptors (Lipinski definition) is 3. The van der Waals surface area contributed by atoms with E-state index in [4.69, 9.17) is 5.73 Å². The summed E-state index contributed by atoms with van der Waals surface area (Å²) in [6.45, 7) is 6.27. The Labute approximate surface area is 106 Å². The Morgan fingerprint density at radius 2 is 2.24 bits per heavy atom. The number of rotatable bonds is 4. The van der Waals surface area contributed by atoms with E-state index < -0.39 is 0 Å². The summed E-state index contributed by atoms with van der Waals surface area (Å²) in [5, 5.41) is 0. The van der Waals surface area contributed by atoms with E-state index in [0.717, 1.165) is 24.4 Å². The number of aromatic amines is 1. The van der Waals surface area contributed by atoms with Crippen molar-refractivity contribution in [3.8, 4) is 10.6 Å². The second kappa shape index (κ2) is 4.63. The van der Waals surface area contributed by atoms with E-state index >= 15 is 0 Å². The largest absolute Gasteiger partial charge is 0.340 e. The summed E-state index contributed by atoms with van der Waals surface area (Å²) in [6, 6.07) is 4.24. The number of imidazole rings is 1. The van der Waals surface area contributed by atoms with E-state index in [0.29, 0.717) is 0 Å². The van der Waals surface area contributed by atoms with Crippen molar-refractivity contribution in [2.75, 3.05) is 0 Å². The van der Waals surface area contributed by atoms with Crippen molar-refractivity contribution in [3.05, 3.63) is 29.0 Å². The molecule has 0 aliphatic carbocycles. The maximum Gasteiger partial charge on any atom is 0.126 e. The summed E-state index contributed by atoms with van der Waals surface area (Å²) in [4.78, 5) is 10.3. The van der Waals surface area contributed by atoms with Crippen LogP contribution in [0.2, 0.25) is 0 Å². The molecule has 1 atom stereocenters. The number of aryl methyl sites for hydroxylation is 1. The van der Waals surface area contributed by atoms with Crippen molar-refractivity contribution in [2.45, 2.75) is 39.2 Å². The lowest BCUT2D eigenvalue weighted by Crippen LogP contribution is -2.34. The molecule has 2 heterocycles. The van der Waals surface area contributed by atoms with Gasteiger partial charge in [0.15, 0.2) is 0 Å². The lowest BCUT2D eigenvalue weighted by atomic mass is 9.97. The molecule has 0 spiro atoms. The summed E-state index contributed by atoms with van der Waals surface area (Å²) in [7, 11) is 0. The fourth-order valence-corrected chi connectivity index (χ4v) is 2.79. The molecule has 1 unspecified atom stereocenters. The lowest BCUT2D eigenvalue weighted by molar-refractivity contribution is 0.423. The van der Waals surface area contributed by atoms with Gasteiger partial charge in [-0.3, -0.25) is 0 Å². The molecule has 0 saturated heterocycles. The molecule has 2 aromatic rings. The first kappa shape index (κ1) is 12.3. The Morgan fingerprint density at radius 1 is 1.47 bits per heavy atom. The molecular formula is C13H19N3S. The van der Waals surface area contributed by atoms with Gasteiger partial charge in [-0.25, -0.2) is 4.98 Å². The normalized spacial score (nSPS) is 14.8. The number of thiophene rings is 1. The van der Waals surface area contributed by atoms with E-state index in [1.807, 2.05) is 13.1 Å². The number of aromatic nitrogens is 2. The predicted molar refractivity (Wildman–Crippen MR) is 73.1 cm³/mol. The van der Waals surface area contributed by atoms with Crippen molar-refractivity contribution in [2.24, 2.45) is 5.73 Å². The van der Waals surface area contributed by atoms with Gasteiger partial charge >= 0.3 is 0 Å². The van der Waals surface area contributed by atoms with Crippen LogP contribution in [0, 0.1) is 6.92 Å². The Morgan fingerprint density at radius 3 is 2.82 bits per heavy atom. The second-order valence-electron chi connectivity index (χ2n) is 4.72. The minimum Gasteiger partial charge on any atom is -0.340 e. The third-order valence-electron chi connectivity index (χ3n) is 2.89. The fourth-order valence-electron chi connectivity index (χ4n) is 1.95. The van der Waals surface area contributed by atoms with Gasteiger partial charge in [-0.15, -0.1) is 11.3 Å². The van der Waals surface area contributed by atoms with Crippen LogP contribution in [0.1, 0.15) is 37.4 Å². The Bertz CT molecular complexity index is 496. The van der Waals surface area contributed by atoms with Gasteiger partial charge in [-0.1, -0.05) is 13.3 Å². The van der Waals surface area contributed by atoms with Gasteiger partial charge in [-0.05, 0) is 32.4 Å². The smallest absolute Gasteiger partial charge is 0.126 e. The number of nitrogens with zero attached hydrogens (tertiary/aromatic N) is 1. The highest BCUT2D eigenvalue weighted by Crippen LogP contribution is 2.28. The van der Waals surface area contributed by atoms with E-state index in [1.165, 1.54) is 9.75 Å². The third kappa shape index (κ3) is 2.58. The van der Waals surface area contributed by atoms with Crippen molar-refractivity contribution in [1.82, 2.24) is 9.97 Å². The lowest BCUT2D eigenvalue weighted by Gasteiger charge is -2.20. The standard InChI is InChI=1S/C13H19N3S/c1-4-7-13(3,14)12-15-8-10(16-12)11-6-5-9(2)17-11/h5-6,8H,4,7,14H2,1-3H3,(H,15,16). The van der Waals surface area contributed by atoms with Crippen molar-refractivity contribution >= 4 is 11.3 Å². The first-order valence-electron chi connectivity index (χ1n) is 5.94. The van der Waals surface area contributed by atoms with Gasteiger partial charge in [0, 0.05) is 4.88 Å². The number of nitrogens with two attached hydrogens (primary N) is 1. The summed E-state index contributed by atoms with van der Waals surface area (Å²) >= 11 is 1.77. The van der Waals surface area contributed by atoms with Crippen LogP contribution in [0.5, 0.6) is 0 Å². The number of H-pyrrole nitrogens is 1. The van der Waals surface area contributed by atoms with Crippen LogP contribution in [-0.4, -0.2) is 9.97 Å². The van der Waals surface area contributed by atoms with Crippen LogP contribution in [0.3, 0.4) is 0 Å². The first-order valence-corrected chi connectivity index (χ1v) is 6.76. The molecule has 0 aliphatic rings. The van der Waals surface area contributed by atoms with Gasteiger partial charge in [0.2, 0.25) is 0 Å². The SMILES string of the molecule is CCCC(C)(N)c1ncc(-c2ccc(C)s2)[nH]1. The van der Waals surface area contributed by atoms with Crippen molar-refractivity contribution in [3.63, 3.8) is 0 Å². The molecule has 3 nitrogen and oxygen atoms in total. The van der Waals surface area contributed by atoms with E-state index in [1.54, 1.807) is 11.3 Å². The van der Waals surface area contributed by atoms with Crippen LogP contribution >= 0.6 is 11.3 Å². The van der Waals surface area contributed by atoms with Gasteiger partial charge in [0.25, 0.3) is 0 Å². The molecule has 2 rings (SSSR count).